The zero-order chi connectivity index (χ0) is 13.9. The van der Waals surface area contributed by atoms with Crippen LogP contribution in [0, 0.1) is 25.7 Å². The Morgan fingerprint density at radius 2 is 1.56 bits per heavy atom. The van der Waals surface area contributed by atoms with E-state index in [0.29, 0.717) is 0 Å². The average Bonchev–Trinajstić information content (AvgIpc) is 2.23. The summed E-state index contributed by atoms with van der Waals surface area (Å²) in [6.45, 7) is 5.31. The molecule has 0 aromatic heterocycles. The molecule has 1 aromatic rings. The van der Waals surface area contributed by atoms with Crippen LogP contribution >= 0.6 is 0 Å². The fourth-order valence-electron chi connectivity index (χ4n) is 2.09. The second-order valence-electron chi connectivity index (χ2n) is 4.77. The fourth-order valence-corrected chi connectivity index (χ4v) is 2.09. The molecule has 4 nitrogen and oxygen atoms in total. The summed E-state index contributed by atoms with van der Waals surface area (Å²) in [4.78, 5) is 22.1. The van der Waals surface area contributed by atoms with Crippen molar-refractivity contribution in [2.75, 3.05) is 0 Å². The van der Waals surface area contributed by atoms with Gasteiger partial charge >= 0.3 is 11.9 Å². The number of carbonyl (C=O) groups is 2. The van der Waals surface area contributed by atoms with Gasteiger partial charge in [0.2, 0.25) is 0 Å². The van der Waals surface area contributed by atoms with Crippen LogP contribution in [-0.2, 0) is 16.0 Å². The molecule has 2 N–H and O–H groups in total. The first-order valence-electron chi connectivity index (χ1n) is 5.84. The van der Waals surface area contributed by atoms with Gasteiger partial charge in [0.25, 0.3) is 0 Å². The maximum atomic E-state index is 11.2. The summed E-state index contributed by atoms with van der Waals surface area (Å²) < 4.78 is 0. The van der Waals surface area contributed by atoms with Crippen LogP contribution in [-0.4, -0.2) is 22.2 Å². The maximum absolute atomic E-state index is 11.2. The molecule has 0 saturated heterocycles. The largest absolute Gasteiger partial charge is 0.481 e. The highest BCUT2D eigenvalue weighted by molar-refractivity contribution is 5.79. The smallest absolute Gasteiger partial charge is 0.307 e. The van der Waals surface area contributed by atoms with Crippen LogP contribution < -0.4 is 0 Å². The van der Waals surface area contributed by atoms with E-state index in [1.54, 1.807) is 0 Å². The third-order valence-electron chi connectivity index (χ3n) is 3.05. The van der Waals surface area contributed by atoms with E-state index in [2.05, 4.69) is 0 Å². The molecule has 0 fully saturated rings. The molecule has 0 unspecified atom stereocenters. The minimum absolute atomic E-state index is 0.241. The van der Waals surface area contributed by atoms with Crippen molar-refractivity contribution in [1.82, 2.24) is 0 Å². The Balaban J connectivity index is 2.96. The predicted octanol–water partition coefficient (Wildman–Crippen LogP) is 2.27. The summed E-state index contributed by atoms with van der Waals surface area (Å²) in [5.74, 6) is -3.94. The van der Waals surface area contributed by atoms with Crippen LogP contribution in [0.15, 0.2) is 18.2 Å². The zero-order valence-corrected chi connectivity index (χ0v) is 10.8. The second kappa shape index (κ2) is 5.67. The van der Waals surface area contributed by atoms with E-state index < -0.39 is 23.8 Å². The Kier molecular flexibility index (Phi) is 4.48. The Hall–Kier alpha value is -1.84. The number of carboxylic acid groups (broad SMARTS) is 2. The molecule has 2 atom stereocenters. The van der Waals surface area contributed by atoms with Crippen molar-refractivity contribution in [2.45, 2.75) is 27.2 Å². The van der Waals surface area contributed by atoms with Crippen molar-refractivity contribution in [3.8, 4) is 0 Å². The predicted molar refractivity (Wildman–Crippen MR) is 67.5 cm³/mol. The van der Waals surface area contributed by atoms with Gasteiger partial charge in [-0.3, -0.25) is 9.59 Å². The van der Waals surface area contributed by atoms with Crippen LogP contribution in [0.4, 0.5) is 0 Å². The molecule has 0 spiro atoms. The van der Waals surface area contributed by atoms with E-state index >= 15 is 0 Å². The van der Waals surface area contributed by atoms with Crippen molar-refractivity contribution in [2.24, 2.45) is 11.8 Å². The van der Waals surface area contributed by atoms with E-state index in [1.165, 1.54) is 6.92 Å². The van der Waals surface area contributed by atoms with Gasteiger partial charge in [-0.25, -0.2) is 0 Å². The van der Waals surface area contributed by atoms with E-state index in [4.69, 9.17) is 10.2 Å². The topological polar surface area (TPSA) is 74.6 Å². The molecule has 0 saturated carbocycles. The van der Waals surface area contributed by atoms with Gasteiger partial charge in [-0.05, 0) is 25.8 Å². The first-order chi connectivity index (χ1) is 8.31. The Morgan fingerprint density at radius 1 is 1.06 bits per heavy atom. The highest BCUT2D eigenvalue weighted by Gasteiger charge is 2.30. The highest BCUT2D eigenvalue weighted by Crippen LogP contribution is 2.20. The van der Waals surface area contributed by atoms with Crippen LogP contribution in [0.2, 0.25) is 0 Å². The number of hydrogen-bond acceptors (Lipinski definition) is 2. The standard InChI is InChI=1S/C14H18O4/c1-8-4-9(2)6-11(5-8)7-12(14(17)18)10(3)13(15)16/h4-6,10,12H,7H2,1-3H3,(H,15,16)(H,17,18)/t10-,12+/m1/s1. The van der Waals surface area contributed by atoms with Crippen LogP contribution in [0.3, 0.4) is 0 Å². The molecular formula is C14H18O4. The molecule has 0 aliphatic heterocycles. The summed E-state index contributed by atoms with van der Waals surface area (Å²) >= 11 is 0. The van der Waals surface area contributed by atoms with E-state index in [9.17, 15) is 9.59 Å². The van der Waals surface area contributed by atoms with Gasteiger partial charge < -0.3 is 10.2 Å². The summed E-state index contributed by atoms with van der Waals surface area (Å²) in [6.07, 6.45) is 0.241. The average molecular weight is 250 g/mol. The van der Waals surface area contributed by atoms with Crippen molar-refractivity contribution in [3.63, 3.8) is 0 Å². The zero-order valence-electron chi connectivity index (χ0n) is 10.8. The lowest BCUT2D eigenvalue weighted by atomic mass is 9.87. The number of aryl methyl sites for hydroxylation is 2. The summed E-state index contributed by atoms with van der Waals surface area (Å²) in [5.41, 5.74) is 2.97. The molecule has 98 valence electrons. The summed E-state index contributed by atoms with van der Waals surface area (Å²) in [7, 11) is 0. The number of benzene rings is 1. The minimum atomic E-state index is -1.08. The van der Waals surface area contributed by atoms with Crippen LogP contribution in [0.1, 0.15) is 23.6 Å². The first kappa shape index (κ1) is 14.2. The van der Waals surface area contributed by atoms with Crippen LogP contribution in [0.5, 0.6) is 0 Å². The molecule has 0 bridgehead atoms. The van der Waals surface area contributed by atoms with Gasteiger partial charge in [0, 0.05) is 0 Å². The van der Waals surface area contributed by atoms with E-state index in [1.807, 2.05) is 32.0 Å². The van der Waals surface area contributed by atoms with Gasteiger partial charge in [0.05, 0.1) is 11.8 Å². The summed E-state index contributed by atoms with van der Waals surface area (Å²) in [6, 6.07) is 5.80. The molecule has 0 heterocycles. The number of aliphatic carboxylic acids is 2. The molecule has 1 aromatic carbocycles. The van der Waals surface area contributed by atoms with Gasteiger partial charge in [-0.2, -0.15) is 0 Å². The molecule has 0 amide bonds. The van der Waals surface area contributed by atoms with E-state index in [0.717, 1.165) is 16.7 Å². The molecule has 0 radical (unpaired) electrons. The molecular weight excluding hydrogens is 232 g/mol. The van der Waals surface area contributed by atoms with Crippen molar-refractivity contribution < 1.29 is 19.8 Å². The van der Waals surface area contributed by atoms with Gasteiger partial charge in [0.1, 0.15) is 0 Å². The minimum Gasteiger partial charge on any atom is -0.481 e. The molecule has 0 aliphatic rings. The third-order valence-corrected chi connectivity index (χ3v) is 3.05. The summed E-state index contributed by atoms with van der Waals surface area (Å²) in [5, 5.41) is 18.1. The molecule has 0 aliphatic carbocycles. The first-order valence-corrected chi connectivity index (χ1v) is 5.84. The lowest BCUT2D eigenvalue weighted by Gasteiger charge is -2.17. The van der Waals surface area contributed by atoms with Crippen molar-refractivity contribution in [1.29, 1.82) is 0 Å². The van der Waals surface area contributed by atoms with Gasteiger partial charge in [-0.1, -0.05) is 36.2 Å². The molecule has 1 rings (SSSR count). The quantitative estimate of drug-likeness (QED) is 0.840. The number of carboxylic acids is 2. The fraction of sp³-hybridized carbons (Fsp3) is 0.429. The molecule has 4 heteroatoms. The van der Waals surface area contributed by atoms with E-state index in [-0.39, 0.29) is 6.42 Å². The van der Waals surface area contributed by atoms with Crippen molar-refractivity contribution >= 4 is 11.9 Å². The van der Waals surface area contributed by atoms with Gasteiger partial charge in [-0.15, -0.1) is 0 Å². The lowest BCUT2D eigenvalue weighted by molar-refractivity contribution is -0.152. The monoisotopic (exact) mass is 250 g/mol. The SMILES string of the molecule is Cc1cc(C)cc(C[C@H](C(=O)O)[C@@H](C)C(=O)O)c1. The Bertz CT molecular complexity index is 445. The lowest BCUT2D eigenvalue weighted by Crippen LogP contribution is -2.29. The number of rotatable bonds is 5. The van der Waals surface area contributed by atoms with Crippen LogP contribution in [0.25, 0.3) is 0 Å². The maximum Gasteiger partial charge on any atom is 0.307 e. The second-order valence-corrected chi connectivity index (χ2v) is 4.77. The Labute approximate surface area is 106 Å². The van der Waals surface area contributed by atoms with Gasteiger partial charge in [0.15, 0.2) is 0 Å². The molecule has 18 heavy (non-hydrogen) atoms. The number of hydrogen-bond donors (Lipinski definition) is 2. The third kappa shape index (κ3) is 3.58. The normalized spacial score (nSPS) is 13.9. The van der Waals surface area contributed by atoms with Crippen molar-refractivity contribution in [3.05, 3.63) is 34.9 Å². The highest BCUT2D eigenvalue weighted by atomic mass is 16.4. The Morgan fingerprint density at radius 3 is 1.94 bits per heavy atom.